The second-order valence-electron chi connectivity index (χ2n) is 21.7. The van der Waals surface area contributed by atoms with Crippen LogP contribution in [0.15, 0.2) is 0 Å². The van der Waals surface area contributed by atoms with Crippen molar-refractivity contribution in [3.8, 4) is 0 Å². The van der Waals surface area contributed by atoms with E-state index in [1.165, 1.54) is 39.0 Å². The average Bonchev–Trinajstić information content (AvgIpc) is 3.23. The number of aliphatic carboxylic acids is 1. The molecule has 0 aromatic heterocycles. The number of Topliss-reactive ketones (excluding diaryl/α,β-unsaturated/α-hetero) is 1. The molecule has 1 rings (SSSR count). The van der Waals surface area contributed by atoms with Gasteiger partial charge in [0.05, 0.1) is 38.6 Å². The van der Waals surface area contributed by atoms with Crippen LogP contribution in [0.1, 0.15) is 183 Å². The van der Waals surface area contributed by atoms with Crippen LogP contribution in [-0.2, 0) is 28.5 Å². The number of hydrogen-bond acceptors (Lipinski definition) is 13. The highest BCUT2D eigenvalue weighted by atomic mass is 16.5. The first-order chi connectivity index (χ1) is 32.3. The van der Waals surface area contributed by atoms with Gasteiger partial charge in [0, 0.05) is 51.7 Å². The van der Waals surface area contributed by atoms with Gasteiger partial charge >= 0.3 is 5.97 Å². The van der Waals surface area contributed by atoms with Crippen molar-refractivity contribution < 1.29 is 54.1 Å². The van der Waals surface area contributed by atoms with Crippen molar-refractivity contribution in [2.45, 2.75) is 214 Å². The fourth-order valence-electron chi connectivity index (χ4n) is 5.67. The lowest BCUT2D eigenvalue weighted by Gasteiger charge is -2.43. The molecule has 0 amide bonds. The van der Waals surface area contributed by atoms with Crippen LogP contribution in [0.4, 0.5) is 0 Å². The molecule has 0 aromatic rings. The molecule has 0 bridgehead atoms. The molecule has 5 atom stereocenters. The molecular formula is C56H125N3O11. The van der Waals surface area contributed by atoms with Crippen LogP contribution < -0.4 is 5.73 Å². The van der Waals surface area contributed by atoms with E-state index in [9.17, 15) is 19.8 Å². The Hall–Kier alpha value is -1.30. The van der Waals surface area contributed by atoms with Gasteiger partial charge in [-0.3, -0.25) is 4.79 Å². The highest BCUT2D eigenvalue weighted by Gasteiger charge is 2.43. The predicted molar refractivity (Wildman–Crippen MR) is 298 cm³/mol. The largest absolute Gasteiger partial charge is 0.481 e. The Bertz CT molecular complexity index is 1020. The van der Waals surface area contributed by atoms with Crippen molar-refractivity contribution in [2.75, 3.05) is 93.6 Å². The molecule has 430 valence electrons. The summed E-state index contributed by atoms with van der Waals surface area (Å²) in [6.45, 7) is 50.3. The molecule has 0 spiro atoms. The second-order valence-corrected chi connectivity index (χ2v) is 21.7. The van der Waals surface area contributed by atoms with Crippen LogP contribution >= 0.6 is 0 Å². The number of hydrogen-bond donors (Lipinski definition) is 6. The van der Waals surface area contributed by atoms with Crippen LogP contribution in [0.3, 0.4) is 0 Å². The number of ether oxygens (including phenoxy) is 4. The smallest absolute Gasteiger partial charge is 0.303 e. The molecule has 1 fully saturated rings. The third kappa shape index (κ3) is 78.1. The number of methoxy groups -OCH3 is 1. The fourth-order valence-corrected chi connectivity index (χ4v) is 5.67. The minimum Gasteiger partial charge on any atom is -0.481 e. The molecule has 0 aliphatic carbocycles. The van der Waals surface area contributed by atoms with Crippen molar-refractivity contribution in [3.63, 3.8) is 0 Å². The summed E-state index contributed by atoms with van der Waals surface area (Å²) in [7, 11) is 5.91. The highest BCUT2D eigenvalue weighted by Crippen LogP contribution is 2.31. The minimum absolute atomic E-state index is 0.0761. The van der Waals surface area contributed by atoms with Crippen molar-refractivity contribution >= 4 is 11.8 Å². The van der Waals surface area contributed by atoms with E-state index in [0.29, 0.717) is 31.5 Å². The summed E-state index contributed by atoms with van der Waals surface area (Å²) >= 11 is 0. The topological polar surface area (TPSA) is 205 Å². The number of rotatable bonds is 26. The minimum atomic E-state index is -0.983. The van der Waals surface area contributed by atoms with Gasteiger partial charge in [0.15, 0.2) is 0 Å². The number of nitrogens with zero attached hydrogens (tertiary/aromatic N) is 2. The fraction of sp³-hybridized carbons (Fsp3) is 0.964. The highest BCUT2D eigenvalue weighted by molar-refractivity contribution is 5.75. The van der Waals surface area contributed by atoms with Crippen LogP contribution in [-0.4, -0.2) is 171 Å². The number of carboxylic acid groups (broad SMARTS) is 1. The lowest BCUT2D eigenvalue weighted by Crippen LogP contribution is -2.56. The van der Waals surface area contributed by atoms with Gasteiger partial charge in [0.2, 0.25) is 0 Å². The summed E-state index contributed by atoms with van der Waals surface area (Å²) in [5.74, 6) is 3.87. The summed E-state index contributed by atoms with van der Waals surface area (Å²) in [6, 6.07) is 0. The second kappa shape index (κ2) is 58.6. The Morgan fingerprint density at radius 3 is 1.31 bits per heavy atom. The first-order valence-corrected chi connectivity index (χ1v) is 27.1. The van der Waals surface area contributed by atoms with Gasteiger partial charge in [-0.2, -0.15) is 0 Å². The molecule has 1 aliphatic heterocycles. The number of ketones is 1. The normalized spacial score (nSPS) is 17.3. The zero-order valence-electron chi connectivity index (χ0n) is 50.4. The third-order valence-corrected chi connectivity index (χ3v) is 10.1. The number of nitrogens with two attached hydrogens (primary N) is 1. The Morgan fingerprint density at radius 1 is 0.643 bits per heavy atom. The van der Waals surface area contributed by atoms with Crippen LogP contribution in [0.5, 0.6) is 0 Å². The van der Waals surface area contributed by atoms with Crippen molar-refractivity contribution in [1.82, 2.24) is 9.80 Å². The van der Waals surface area contributed by atoms with Gasteiger partial charge in [0.25, 0.3) is 0 Å². The molecule has 5 unspecified atom stereocenters. The Labute approximate surface area is 434 Å². The molecule has 1 aliphatic rings. The maximum atomic E-state index is 10.3. The predicted octanol–water partition coefficient (Wildman–Crippen LogP) is 9.95. The molecule has 14 heteroatoms. The summed E-state index contributed by atoms with van der Waals surface area (Å²) in [5, 5.41) is 44.5. The third-order valence-electron chi connectivity index (χ3n) is 10.1. The quantitative estimate of drug-likeness (QED) is 0.0447. The van der Waals surface area contributed by atoms with Crippen molar-refractivity contribution in [1.29, 1.82) is 0 Å². The molecule has 7 N–H and O–H groups in total. The maximum absolute atomic E-state index is 10.3. The van der Waals surface area contributed by atoms with E-state index in [2.05, 4.69) is 107 Å². The van der Waals surface area contributed by atoms with Crippen LogP contribution in [0.25, 0.3) is 0 Å². The standard InChI is InChI=1S/C10H20O4.C9H21N.C8H18O2.C7H17NO.C7H17N.C7H14O.C5H10O2.C3H8O/c1-5(2)8-6(3)14-7(4-11)9(12)10(8)13;1-5-10(6-2)8-7-9(3)4;1-8(2)4-5-10-7-6-9-3;1-7(2)3-5-9-6-4-8;1-7(2)5-6-8(3)4;1-6(2)4-5-7(3)8;1-4(2)3-5(6)7;1-3(2)4/h5-13H,4H2,1-3H3;9H,5-8H2,1-4H3;8H,4-7H2,1-3H3;7H,3-6,8H2,1-2H3;7H,5-6H2,1-4H3;6H,4-5H2,1-3H3;4H,3H2,1-2H3,(H,6,7);3-4H,1-2H3. The number of aliphatic hydroxyl groups excluding tert-OH is 4. The average molecular weight is 1020 g/mol. The number of carboxylic acids is 1. The van der Waals surface area contributed by atoms with E-state index >= 15 is 0 Å². The Kier molecular flexibility index (Phi) is 69.2. The van der Waals surface area contributed by atoms with Gasteiger partial charge < -0.3 is 64.8 Å². The molecule has 70 heavy (non-hydrogen) atoms. The molecule has 1 saturated heterocycles. The molecular weight excluding hydrogens is 891 g/mol. The van der Waals surface area contributed by atoms with E-state index < -0.39 is 24.3 Å². The van der Waals surface area contributed by atoms with E-state index in [4.69, 9.17) is 40.0 Å². The van der Waals surface area contributed by atoms with Gasteiger partial charge in [-0.25, -0.2) is 0 Å². The van der Waals surface area contributed by atoms with Crippen LogP contribution in [0.2, 0.25) is 0 Å². The SMILES string of the molecule is CC(=O)CCC(C)C.CC(C)C1C(C)OC(CO)C(O)C1O.CC(C)CC(=O)O.CC(C)CCN(C)C.CC(C)CCOCCN.CC(C)O.CCN(CC)CCC(C)C.COCCOCCC(C)C. The molecule has 1 heterocycles. The van der Waals surface area contributed by atoms with Gasteiger partial charge in [-0.1, -0.05) is 111 Å². The Balaban J connectivity index is -0.000000132. The van der Waals surface area contributed by atoms with E-state index in [-0.39, 0.29) is 43.0 Å². The van der Waals surface area contributed by atoms with E-state index in [0.717, 1.165) is 69.2 Å². The molecule has 14 nitrogen and oxygen atoms in total. The summed E-state index contributed by atoms with van der Waals surface area (Å²) in [6.07, 6.45) is 4.24. The summed E-state index contributed by atoms with van der Waals surface area (Å²) < 4.78 is 20.7. The van der Waals surface area contributed by atoms with Crippen molar-refractivity contribution in [2.24, 2.45) is 53.1 Å². The molecule has 0 saturated carbocycles. The summed E-state index contributed by atoms with van der Waals surface area (Å²) in [4.78, 5) is 24.9. The Morgan fingerprint density at radius 2 is 1.06 bits per heavy atom. The molecule has 0 aromatic carbocycles. The van der Waals surface area contributed by atoms with E-state index in [1.807, 2.05) is 34.6 Å². The lowest BCUT2D eigenvalue weighted by molar-refractivity contribution is -0.212. The van der Waals surface area contributed by atoms with Gasteiger partial charge in [-0.05, 0) is 141 Å². The zero-order valence-corrected chi connectivity index (χ0v) is 50.4. The van der Waals surface area contributed by atoms with E-state index in [1.54, 1.807) is 27.9 Å². The summed E-state index contributed by atoms with van der Waals surface area (Å²) in [5.41, 5.74) is 5.22. The van der Waals surface area contributed by atoms with Gasteiger partial charge in [-0.15, -0.1) is 0 Å². The van der Waals surface area contributed by atoms with Crippen molar-refractivity contribution in [3.05, 3.63) is 0 Å². The number of carbonyl (C=O) groups is 2. The van der Waals surface area contributed by atoms with Gasteiger partial charge in [0.1, 0.15) is 18.0 Å². The first kappa shape index (κ1) is 82.7. The van der Waals surface area contributed by atoms with Crippen LogP contribution in [0, 0.1) is 47.3 Å². The lowest BCUT2D eigenvalue weighted by atomic mass is 9.80. The monoisotopic (exact) mass is 1020 g/mol. The zero-order chi connectivity index (χ0) is 56.4. The number of carbonyl (C=O) groups excluding carboxylic acids is 1. The molecule has 0 radical (unpaired) electrons. The maximum Gasteiger partial charge on any atom is 0.303 e. The first-order valence-electron chi connectivity index (χ1n) is 27.1. The number of aliphatic hydroxyl groups is 4.